The van der Waals surface area contributed by atoms with Gasteiger partial charge in [0, 0.05) is 38.2 Å². The monoisotopic (exact) mass is 885 g/mol. The van der Waals surface area contributed by atoms with Crippen molar-refractivity contribution in [3.8, 4) is 45.5 Å². The van der Waals surface area contributed by atoms with Gasteiger partial charge in [0.2, 0.25) is 0 Å². The Morgan fingerprint density at radius 2 is 0.692 bits per heavy atom. The fourth-order valence-electron chi connectivity index (χ4n) is 8.59. The van der Waals surface area contributed by atoms with Gasteiger partial charge >= 0.3 is 18.5 Å². The molecule has 0 N–H and O–H groups in total. The molecule has 0 fully saturated rings. The minimum atomic E-state index is -4.88. The van der Waals surface area contributed by atoms with Crippen molar-refractivity contribution in [3.05, 3.63) is 173 Å². The Bertz CT molecular complexity index is 3480. The van der Waals surface area contributed by atoms with Gasteiger partial charge in [-0.15, -0.1) is 0 Å². The number of benzene rings is 7. The summed E-state index contributed by atoms with van der Waals surface area (Å²) in [5.41, 5.74) is 1.96. The first-order valence-corrected chi connectivity index (χ1v) is 20.2. The second kappa shape index (κ2) is 14.8. The van der Waals surface area contributed by atoms with E-state index in [0.717, 1.165) is 63.9 Å². The first-order chi connectivity index (χ1) is 30.8. The molecule has 0 saturated carbocycles. The Morgan fingerprint density at radius 1 is 0.354 bits per heavy atom. The summed E-state index contributed by atoms with van der Waals surface area (Å²) in [5.74, 6) is -0.667. The molecule has 0 aliphatic rings. The molecule has 0 saturated heterocycles. The predicted octanol–water partition coefficient (Wildman–Crippen LogP) is 15.0. The van der Waals surface area contributed by atoms with E-state index >= 15 is 0 Å². The van der Waals surface area contributed by atoms with Crippen molar-refractivity contribution < 1.29 is 39.5 Å². The smallest absolute Gasteiger partial charge is 0.309 e. The van der Waals surface area contributed by atoms with Crippen LogP contribution in [0.2, 0.25) is 0 Å². The molecule has 5 nitrogen and oxygen atoms in total. The Kier molecular flexibility index (Phi) is 9.45. The van der Waals surface area contributed by atoms with E-state index in [9.17, 15) is 39.5 Å². The Hall–Kier alpha value is -7.48. The molecular weight excluding hydrogens is 854 g/mol. The summed E-state index contributed by atoms with van der Waals surface area (Å²) in [6.07, 6.45) is -14.4. The summed E-state index contributed by atoms with van der Waals surface area (Å²) in [6.45, 7) is 5.63. The van der Waals surface area contributed by atoms with Gasteiger partial charge in [-0.1, -0.05) is 65.2 Å². The van der Waals surface area contributed by atoms with Crippen LogP contribution in [0, 0.1) is 20.8 Å². The van der Waals surface area contributed by atoms with Gasteiger partial charge in [0.1, 0.15) is 0 Å². The minimum absolute atomic E-state index is 0.0570. The number of hydrogen-bond acceptors (Lipinski definition) is 3. The van der Waals surface area contributed by atoms with Crippen LogP contribution in [0.4, 0.5) is 39.5 Å². The van der Waals surface area contributed by atoms with E-state index in [0.29, 0.717) is 27.5 Å². The topological polar surface area (TPSA) is 48.5 Å². The summed E-state index contributed by atoms with van der Waals surface area (Å²) in [5, 5.41) is 2.28. The molecule has 0 bridgehead atoms. The van der Waals surface area contributed by atoms with Gasteiger partial charge in [-0.25, -0.2) is 15.0 Å². The molecule has 0 aliphatic heterocycles. The summed E-state index contributed by atoms with van der Waals surface area (Å²) >= 11 is 0. The number of nitrogens with zero attached hydrogens (tertiary/aromatic N) is 5. The molecule has 0 atom stereocenters. The second-order valence-electron chi connectivity index (χ2n) is 16.1. The molecule has 65 heavy (non-hydrogen) atoms. The van der Waals surface area contributed by atoms with Crippen molar-refractivity contribution in [1.29, 1.82) is 0 Å². The maximum Gasteiger partial charge on any atom is 0.416 e. The van der Waals surface area contributed by atoms with Crippen molar-refractivity contribution in [3.63, 3.8) is 0 Å². The highest BCUT2D eigenvalue weighted by Gasteiger charge is 2.35. The largest absolute Gasteiger partial charge is 0.416 e. The quantitative estimate of drug-likeness (QED) is 0.162. The highest BCUT2D eigenvalue weighted by Crippen LogP contribution is 2.44. The van der Waals surface area contributed by atoms with Crippen molar-refractivity contribution in [2.45, 2.75) is 39.3 Å². The van der Waals surface area contributed by atoms with Gasteiger partial charge in [-0.2, -0.15) is 39.5 Å². The van der Waals surface area contributed by atoms with Crippen molar-refractivity contribution >= 4 is 43.6 Å². The van der Waals surface area contributed by atoms with E-state index in [4.69, 9.17) is 15.0 Å². The van der Waals surface area contributed by atoms with Gasteiger partial charge in [-0.3, -0.25) is 0 Å². The molecule has 3 aromatic heterocycles. The fourth-order valence-corrected chi connectivity index (χ4v) is 8.59. The number of rotatable bonds is 5. The summed E-state index contributed by atoms with van der Waals surface area (Å²) in [7, 11) is 0. The van der Waals surface area contributed by atoms with Crippen LogP contribution in [0.15, 0.2) is 140 Å². The summed E-state index contributed by atoms with van der Waals surface area (Å²) in [4.78, 5) is 14.2. The van der Waals surface area contributed by atoms with Gasteiger partial charge in [0.15, 0.2) is 17.5 Å². The number of aromatic nitrogens is 5. The van der Waals surface area contributed by atoms with Crippen LogP contribution in [-0.4, -0.2) is 24.1 Å². The number of aryl methyl sites for hydroxylation is 3. The zero-order valence-electron chi connectivity index (χ0n) is 34.4. The Morgan fingerprint density at radius 3 is 1.09 bits per heavy atom. The van der Waals surface area contributed by atoms with E-state index in [1.807, 2.05) is 54.8 Å². The molecule has 0 aliphatic carbocycles. The lowest BCUT2D eigenvalue weighted by molar-refractivity contribution is -0.138. The van der Waals surface area contributed by atoms with Gasteiger partial charge in [0.25, 0.3) is 0 Å². The maximum absolute atomic E-state index is 14.7. The fraction of sp³-hybridized carbons (Fsp3) is 0.118. The molecule has 7 aromatic carbocycles. The highest BCUT2D eigenvalue weighted by atomic mass is 19.4. The number of halogens is 9. The summed E-state index contributed by atoms with van der Waals surface area (Å²) in [6, 6.07) is 34.2. The first kappa shape index (κ1) is 41.5. The van der Waals surface area contributed by atoms with E-state index in [1.165, 1.54) is 18.2 Å². The molecule has 10 aromatic rings. The minimum Gasteiger partial charge on any atom is -0.309 e. The molecule has 10 rings (SSSR count). The Labute approximate surface area is 364 Å². The van der Waals surface area contributed by atoms with Gasteiger partial charge < -0.3 is 9.13 Å². The zero-order valence-corrected chi connectivity index (χ0v) is 34.4. The van der Waals surface area contributed by atoms with E-state index < -0.39 is 35.2 Å². The molecule has 0 radical (unpaired) electrons. The van der Waals surface area contributed by atoms with Gasteiger partial charge in [0.05, 0.1) is 50.1 Å². The van der Waals surface area contributed by atoms with Gasteiger partial charge in [-0.05, 0) is 112 Å². The summed E-state index contributed by atoms with van der Waals surface area (Å²) < 4.78 is 134. The lowest BCUT2D eigenvalue weighted by atomic mass is 10.0. The van der Waals surface area contributed by atoms with Crippen LogP contribution in [0.5, 0.6) is 0 Å². The van der Waals surface area contributed by atoms with Crippen molar-refractivity contribution in [1.82, 2.24) is 24.1 Å². The van der Waals surface area contributed by atoms with Crippen LogP contribution in [0.3, 0.4) is 0 Å². The SMILES string of the molecule is Cc1ccc2c(c1)c1cc(C)ccc1n2-c1ccc(C(F)(F)F)cc1-c1nc(-c2ccccc2)nc(-c2cc(C(F)(F)F)ccc2-n2c3ccc(C)cc3c3cc(C(F)(F)F)ccc32)n1. The van der Waals surface area contributed by atoms with Crippen LogP contribution >= 0.6 is 0 Å². The molecule has 3 heterocycles. The third kappa shape index (κ3) is 7.22. The average molecular weight is 886 g/mol. The lowest BCUT2D eigenvalue weighted by Gasteiger charge is -2.19. The first-order valence-electron chi connectivity index (χ1n) is 20.2. The molecule has 14 heteroatoms. The van der Waals surface area contributed by atoms with Crippen LogP contribution in [0.25, 0.3) is 89.2 Å². The average Bonchev–Trinajstić information content (AvgIpc) is 3.76. The van der Waals surface area contributed by atoms with Crippen molar-refractivity contribution in [2.75, 3.05) is 0 Å². The van der Waals surface area contributed by atoms with Crippen LogP contribution in [-0.2, 0) is 18.5 Å². The van der Waals surface area contributed by atoms with Crippen molar-refractivity contribution in [2.24, 2.45) is 0 Å². The zero-order chi connectivity index (χ0) is 45.7. The molecule has 0 amide bonds. The standard InChI is InChI=1S/C51H32F9N5/c1-27-9-15-40-34(21-27)35-22-28(2)10-16-41(35)64(40)44-19-13-32(50(55,56)57)25-38(44)47-61-46(30-7-5-4-6-8-30)62-48(63-47)39-26-33(51(58,59)60)14-20-45(39)65-42-17-11-29(3)23-36(42)37-24-31(49(52,53)54)12-18-43(37)65/h4-26H,1-3H3. The third-order valence-electron chi connectivity index (χ3n) is 11.6. The normalized spacial score (nSPS) is 12.6. The number of hydrogen-bond donors (Lipinski definition) is 0. The van der Waals surface area contributed by atoms with Crippen LogP contribution in [0.1, 0.15) is 33.4 Å². The molecule has 0 unspecified atom stereocenters. The maximum atomic E-state index is 14.7. The molecular formula is C51H32F9N5. The van der Waals surface area contributed by atoms with E-state index in [2.05, 4.69) is 0 Å². The molecule has 324 valence electrons. The van der Waals surface area contributed by atoms with E-state index in [1.54, 1.807) is 60.0 Å². The van der Waals surface area contributed by atoms with E-state index in [-0.39, 0.29) is 50.9 Å². The predicted molar refractivity (Wildman–Crippen MR) is 234 cm³/mol. The highest BCUT2D eigenvalue weighted by molar-refractivity contribution is 6.11. The molecule has 0 spiro atoms. The van der Waals surface area contributed by atoms with Crippen LogP contribution < -0.4 is 0 Å². The second-order valence-corrected chi connectivity index (χ2v) is 16.1. The number of fused-ring (bicyclic) bond motifs is 6. The lowest BCUT2D eigenvalue weighted by Crippen LogP contribution is -2.10. The Balaban J connectivity index is 1.31. The third-order valence-corrected chi connectivity index (χ3v) is 11.6. The number of alkyl halides is 9.